The van der Waals surface area contributed by atoms with Gasteiger partial charge in [-0.25, -0.2) is 8.42 Å². The average Bonchev–Trinajstić information content (AvgIpc) is 3.37. The Morgan fingerprint density at radius 3 is 2.60 bits per heavy atom. The molecule has 4 aromatic rings. The van der Waals surface area contributed by atoms with Gasteiger partial charge >= 0.3 is 0 Å². The highest BCUT2D eigenvalue weighted by Gasteiger charge is 2.12. The summed E-state index contributed by atoms with van der Waals surface area (Å²) in [6.07, 6.45) is 5.21. The Morgan fingerprint density at radius 1 is 1.10 bits per heavy atom. The molecule has 0 unspecified atom stereocenters. The second-order valence-corrected chi connectivity index (χ2v) is 9.72. The highest BCUT2D eigenvalue weighted by Crippen LogP contribution is 2.33. The van der Waals surface area contributed by atoms with Crippen molar-refractivity contribution in [3.05, 3.63) is 71.9 Å². The zero-order chi connectivity index (χ0) is 21.1. The molecule has 0 atom stereocenters. The smallest absolute Gasteiger partial charge is 0.175 e. The third kappa shape index (κ3) is 4.06. The van der Waals surface area contributed by atoms with Crippen LogP contribution >= 0.6 is 11.3 Å². The molecule has 0 saturated heterocycles. The molecule has 0 radical (unpaired) electrons. The van der Waals surface area contributed by atoms with Crippen molar-refractivity contribution in [2.45, 2.75) is 4.90 Å². The number of hydrogen-bond acceptors (Lipinski definition) is 5. The molecule has 0 spiro atoms. The number of anilines is 1. The van der Waals surface area contributed by atoms with E-state index in [4.69, 9.17) is 4.74 Å². The van der Waals surface area contributed by atoms with Crippen LogP contribution in [0.25, 0.3) is 15.8 Å². The van der Waals surface area contributed by atoms with E-state index in [9.17, 15) is 8.42 Å². The molecule has 0 saturated carbocycles. The fraction of sp³-hybridized carbons (Fsp3) is 0.130. The van der Waals surface area contributed by atoms with Crippen molar-refractivity contribution < 1.29 is 13.2 Å². The molecular weight excluding hydrogens is 416 g/mol. The van der Waals surface area contributed by atoms with Gasteiger partial charge in [-0.05, 0) is 30.3 Å². The lowest BCUT2D eigenvalue weighted by molar-refractivity contribution is 0.415. The van der Waals surface area contributed by atoms with Crippen molar-refractivity contribution in [3.8, 4) is 23.3 Å². The van der Waals surface area contributed by atoms with Crippen molar-refractivity contribution in [2.75, 3.05) is 25.2 Å². The number of ether oxygens (including phenoxy) is 1. The molecule has 0 aliphatic carbocycles. The zero-order valence-corrected chi connectivity index (χ0v) is 18.2. The lowest BCUT2D eigenvalue weighted by Crippen LogP contribution is -2.03. The van der Waals surface area contributed by atoms with E-state index in [2.05, 4.69) is 33.9 Å². The minimum Gasteiger partial charge on any atom is -0.495 e. The summed E-state index contributed by atoms with van der Waals surface area (Å²) in [6.45, 7) is 0.397. The van der Waals surface area contributed by atoms with Crippen LogP contribution in [0.4, 0.5) is 5.69 Å². The minimum absolute atomic E-state index is 0.220. The number of thiophene rings is 1. The zero-order valence-electron chi connectivity index (χ0n) is 16.5. The van der Waals surface area contributed by atoms with E-state index in [-0.39, 0.29) is 4.90 Å². The molecule has 0 bridgehead atoms. The van der Waals surface area contributed by atoms with Gasteiger partial charge in [0.2, 0.25) is 0 Å². The Bertz CT molecular complexity index is 1360. The first kappa shape index (κ1) is 20.1. The fourth-order valence-electron chi connectivity index (χ4n) is 3.17. The van der Waals surface area contributed by atoms with Crippen LogP contribution < -0.4 is 10.1 Å². The van der Waals surface area contributed by atoms with Crippen molar-refractivity contribution in [1.29, 1.82) is 0 Å². The van der Waals surface area contributed by atoms with Crippen LogP contribution in [0.15, 0.2) is 71.9 Å². The number of benzene rings is 2. The molecule has 2 heterocycles. The monoisotopic (exact) mass is 436 g/mol. The number of methoxy groups -OCH3 is 1. The van der Waals surface area contributed by atoms with Gasteiger partial charge in [-0.2, -0.15) is 0 Å². The molecule has 2 aromatic heterocycles. The summed E-state index contributed by atoms with van der Waals surface area (Å²) < 4.78 is 32.1. The standard InChI is InChI=1S/C23H20N2O3S2/c1-28-20-16-17(30(2,26)27)11-12-19(20)24-13-7-10-22-23(25-14-5-6-15-25)18-8-3-4-9-21(18)29-22/h3-6,8-9,11-12,14-16,24H,13H2,1-2H3. The molecule has 0 aliphatic rings. The van der Waals surface area contributed by atoms with Crippen molar-refractivity contribution in [3.63, 3.8) is 0 Å². The Hall–Kier alpha value is -3.21. The van der Waals surface area contributed by atoms with Gasteiger partial charge in [0.1, 0.15) is 10.6 Å². The molecule has 2 aromatic carbocycles. The topological polar surface area (TPSA) is 60.3 Å². The largest absolute Gasteiger partial charge is 0.495 e. The Labute approximate surface area is 179 Å². The molecule has 7 heteroatoms. The molecular formula is C23H20N2O3S2. The van der Waals surface area contributed by atoms with Crippen LogP contribution in [0.2, 0.25) is 0 Å². The van der Waals surface area contributed by atoms with Crippen LogP contribution in [0.5, 0.6) is 5.75 Å². The van der Waals surface area contributed by atoms with Crippen LogP contribution in [-0.4, -0.2) is 32.9 Å². The lowest BCUT2D eigenvalue weighted by Gasteiger charge is -2.10. The molecule has 30 heavy (non-hydrogen) atoms. The van der Waals surface area contributed by atoms with E-state index in [1.165, 1.54) is 29.5 Å². The van der Waals surface area contributed by atoms with Crippen LogP contribution in [-0.2, 0) is 9.84 Å². The maximum absolute atomic E-state index is 11.7. The van der Waals surface area contributed by atoms with Crippen LogP contribution in [0, 0.1) is 11.8 Å². The second kappa shape index (κ2) is 8.27. The minimum atomic E-state index is -3.29. The summed E-state index contributed by atoms with van der Waals surface area (Å²) >= 11 is 1.67. The Morgan fingerprint density at radius 2 is 1.87 bits per heavy atom. The SMILES string of the molecule is COc1cc(S(C)(=O)=O)ccc1NCC#Cc1sc2ccccc2c1-n1cccc1. The number of hydrogen-bond donors (Lipinski definition) is 1. The summed E-state index contributed by atoms with van der Waals surface area (Å²) in [4.78, 5) is 1.21. The van der Waals surface area contributed by atoms with E-state index in [1.54, 1.807) is 23.5 Å². The van der Waals surface area contributed by atoms with E-state index >= 15 is 0 Å². The predicted octanol–water partition coefficient (Wildman–Crippen LogP) is 4.57. The number of nitrogens with zero attached hydrogens (tertiary/aromatic N) is 1. The maximum Gasteiger partial charge on any atom is 0.175 e. The molecule has 0 aliphatic heterocycles. The van der Waals surface area contributed by atoms with Gasteiger partial charge in [-0.15, -0.1) is 11.3 Å². The van der Waals surface area contributed by atoms with Gasteiger partial charge < -0.3 is 14.6 Å². The molecule has 0 fully saturated rings. The summed E-state index contributed by atoms with van der Waals surface area (Å²) in [5.41, 5.74) is 1.78. The van der Waals surface area contributed by atoms with Gasteiger partial charge in [-0.3, -0.25) is 0 Å². The summed E-state index contributed by atoms with van der Waals surface area (Å²) in [7, 11) is -1.78. The second-order valence-electron chi connectivity index (χ2n) is 6.66. The number of sulfone groups is 1. The summed E-state index contributed by atoms with van der Waals surface area (Å²) in [5, 5.41) is 4.38. The maximum atomic E-state index is 11.7. The highest BCUT2D eigenvalue weighted by atomic mass is 32.2. The number of nitrogens with one attached hydrogen (secondary N) is 1. The first-order valence-electron chi connectivity index (χ1n) is 9.23. The first-order chi connectivity index (χ1) is 14.5. The molecule has 152 valence electrons. The molecule has 5 nitrogen and oxygen atoms in total. The normalized spacial score (nSPS) is 11.1. The third-order valence-electron chi connectivity index (χ3n) is 4.60. The van der Waals surface area contributed by atoms with Gasteiger partial charge in [0.15, 0.2) is 9.84 Å². The summed E-state index contributed by atoms with van der Waals surface area (Å²) in [5.74, 6) is 6.92. The van der Waals surface area contributed by atoms with Gasteiger partial charge in [0.25, 0.3) is 0 Å². The van der Waals surface area contributed by atoms with E-state index in [0.717, 1.165) is 10.6 Å². The summed E-state index contributed by atoms with van der Waals surface area (Å²) in [6, 6.07) is 17.0. The third-order valence-corrected chi connectivity index (χ3v) is 6.79. The van der Waals surface area contributed by atoms with Crippen molar-refractivity contribution in [1.82, 2.24) is 4.57 Å². The molecule has 1 N–H and O–H groups in total. The molecule has 4 rings (SSSR count). The van der Waals surface area contributed by atoms with E-state index in [0.29, 0.717) is 18.0 Å². The number of fused-ring (bicyclic) bond motifs is 1. The molecule has 0 amide bonds. The Kier molecular flexibility index (Phi) is 5.53. The average molecular weight is 437 g/mol. The van der Waals surface area contributed by atoms with E-state index in [1.807, 2.05) is 36.7 Å². The van der Waals surface area contributed by atoms with Gasteiger partial charge in [-0.1, -0.05) is 30.0 Å². The number of aromatic nitrogens is 1. The highest BCUT2D eigenvalue weighted by molar-refractivity contribution is 7.90. The van der Waals surface area contributed by atoms with Crippen LogP contribution in [0.1, 0.15) is 4.88 Å². The van der Waals surface area contributed by atoms with Crippen molar-refractivity contribution in [2.24, 2.45) is 0 Å². The Balaban J connectivity index is 1.59. The predicted molar refractivity (Wildman–Crippen MR) is 123 cm³/mol. The number of rotatable bonds is 5. The van der Waals surface area contributed by atoms with Crippen molar-refractivity contribution >= 4 is 36.9 Å². The first-order valence-corrected chi connectivity index (χ1v) is 11.9. The lowest BCUT2D eigenvalue weighted by atomic mass is 10.2. The van der Waals surface area contributed by atoms with Gasteiger partial charge in [0.05, 0.1) is 29.9 Å². The van der Waals surface area contributed by atoms with Crippen LogP contribution in [0.3, 0.4) is 0 Å². The van der Waals surface area contributed by atoms with E-state index < -0.39 is 9.84 Å². The fourth-order valence-corrected chi connectivity index (χ4v) is 4.88. The quantitative estimate of drug-likeness (QED) is 0.466. The van der Waals surface area contributed by atoms with Gasteiger partial charge in [0, 0.05) is 34.8 Å².